The summed E-state index contributed by atoms with van der Waals surface area (Å²) < 4.78 is 0. The summed E-state index contributed by atoms with van der Waals surface area (Å²) in [5.74, 6) is -1.27. The number of benzene rings is 2. The predicted molar refractivity (Wildman–Crippen MR) is 95.0 cm³/mol. The van der Waals surface area contributed by atoms with Gasteiger partial charge in [0, 0.05) is 11.1 Å². The zero-order chi connectivity index (χ0) is 18.4. The quantitative estimate of drug-likeness (QED) is 0.742. The summed E-state index contributed by atoms with van der Waals surface area (Å²) in [6.45, 7) is 5.41. The molecule has 0 aliphatic heterocycles. The molecule has 3 amide bonds. The highest BCUT2D eigenvalue weighted by atomic mass is 16.2. The van der Waals surface area contributed by atoms with Gasteiger partial charge in [0.05, 0.1) is 6.54 Å². The van der Waals surface area contributed by atoms with E-state index in [0.717, 1.165) is 16.7 Å². The van der Waals surface area contributed by atoms with Crippen LogP contribution >= 0.6 is 0 Å². The molecule has 0 heterocycles. The highest BCUT2D eigenvalue weighted by Gasteiger charge is 2.11. The standard InChI is InChI=1S/C19H21N3O3/c1-12-5-4-6-15(10-12)18(24)20-11-17(23)21-22-19(25)16-8-7-13(2)9-14(16)3/h4-10H,11H2,1-3H3,(H,20,24)(H,21,23)(H,22,25). The van der Waals surface area contributed by atoms with Crippen LogP contribution in [0.1, 0.15) is 37.4 Å². The van der Waals surface area contributed by atoms with E-state index in [9.17, 15) is 14.4 Å². The van der Waals surface area contributed by atoms with E-state index in [2.05, 4.69) is 16.2 Å². The number of hydrogen-bond acceptors (Lipinski definition) is 3. The smallest absolute Gasteiger partial charge is 0.269 e. The van der Waals surface area contributed by atoms with Crippen molar-refractivity contribution >= 4 is 17.7 Å². The third-order valence-electron chi connectivity index (χ3n) is 3.63. The van der Waals surface area contributed by atoms with Crippen LogP contribution in [-0.4, -0.2) is 24.3 Å². The van der Waals surface area contributed by atoms with Crippen LogP contribution in [0.3, 0.4) is 0 Å². The average molecular weight is 339 g/mol. The lowest BCUT2D eigenvalue weighted by atomic mass is 10.1. The Morgan fingerprint density at radius 2 is 1.56 bits per heavy atom. The first-order valence-corrected chi connectivity index (χ1v) is 7.88. The molecule has 0 saturated carbocycles. The van der Waals surface area contributed by atoms with Gasteiger partial charge in [-0.25, -0.2) is 0 Å². The van der Waals surface area contributed by atoms with E-state index >= 15 is 0 Å². The lowest BCUT2D eigenvalue weighted by Gasteiger charge is -2.10. The van der Waals surface area contributed by atoms with Gasteiger partial charge in [-0.2, -0.15) is 0 Å². The number of carbonyl (C=O) groups is 3. The molecule has 0 unspecified atom stereocenters. The molecule has 3 N–H and O–H groups in total. The predicted octanol–water partition coefficient (Wildman–Crippen LogP) is 1.80. The van der Waals surface area contributed by atoms with Crippen molar-refractivity contribution in [3.8, 4) is 0 Å². The molecule has 0 radical (unpaired) electrons. The van der Waals surface area contributed by atoms with Crippen LogP contribution in [-0.2, 0) is 4.79 Å². The minimum atomic E-state index is -0.515. The minimum absolute atomic E-state index is 0.236. The third-order valence-corrected chi connectivity index (χ3v) is 3.63. The summed E-state index contributed by atoms with van der Waals surface area (Å²) in [7, 11) is 0. The van der Waals surface area contributed by atoms with E-state index in [4.69, 9.17) is 0 Å². The first-order valence-electron chi connectivity index (χ1n) is 7.88. The summed E-state index contributed by atoms with van der Waals surface area (Å²) in [6.07, 6.45) is 0. The average Bonchev–Trinajstić information content (AvgIpc) is 2.57. The van der Waals surface area contributed by atoms with Gasteiger partial charge in [0.1, 0.15) is 0 Å². The monoisotopic (exact) mass is 339 g/mol. The van der Waals surface area contributed by atoms with E-state index in [-0.39, 0.29) is 12.5 Å². The number of amides is 3. The molecule has 0 spiro atoms. The molecule has 0 atom stereocenters. The van der Waals surface area contributed by atoms with Gasteiger partial charge >= 0.3 is 0 Å². The summed E-state index contributed by atoms with van der Waals surface area (Å²) >= 11 is 0. The first kappa shape index (κ1) is 18.2. The second kappa shape index (κ2) is 8.10. The van der Waals surface area contributed by atoms with Crippen LogP contribution in [0.15, 0.2) is 42.5 Å². The number of aryl methyl sites for hydroxylation is 3. The molecule has 2 aromatic carbocycles. The Morgan fingerprint density at radius 3 is 2.24 bits per heavy atom. The van der Waals surface area contributed by atoms with Crippen LogP contribution in [0.2, 0.25) is 0 Å². The van der Waals surface area contributed by atoms with Crippen LogP contribution in [0.5, 0.6) is 0 Å². The normalized spacial score (nSPS) is 10.0. The van der Waals surface area contributed by atoms with Gasteiger partial charge in [-0.15, -0.1) is 0 Å². The molecule has 6 nitrogen and oxygen atoms in total. The second-order valence-corrected chi connectivity index (χ2v) is 5.87. The van der Waals surface area contributed by atoms with E-state index in [0.29, 0.717) is 11.1 Å². The van der Waals surface area contributed by atoms with E-state index < -0.39 is 11.8 Å². The molecular weight excluding hydrogens is 318 g/mol. The molecule has 0 aromatic heterocycles. The molecular formula is C19H21N3O3. The second-order valence-electron chi connectivity index (χ2n) is 5.87. The van der Waals surface area contributed by atoms with Crippen molar-refractivity contribution in [2.45, 2.75) is 20.8 Å². The lowest BCUT2D eigenvalue weighted by Crippen LogP contribution is -2.46. The Morgan fingerprint density at radius 1 is 0.840 bits per heavy atom. The summed E-state index contributed by atoms with van der Waals surface area (Å²) in [5, 5.41) is 2.51. The number of hydrazine groups is 1. The van der Waals surface area contributed by atoms with E-state index in [1.165, 1.54) is 0 Å². The van der Waals surface area contributed by atoms with Crippen LogP contribution < -0.4 is 16.2 Å². The van der Waals surface area contributed by atoms with E-state index in [1.54, 1.807) is 24.3 Å². The van der Waals surface area contributed by atoms with Crippen molar-refractivity contribution in [3.05, 3.63) is 70.3 Å². The minimum Gasteiger partial charge on any atom is -0.343 e. The zero-order valence-corrected chi connectivity index (χ0v) is 14.5. The fraction of sp³-hybridized carbons (Fsp3) is 0.211. The Balaban J connectivity index is 1.82. The summed E-state index contributed by atoms with van der Waals surface area (Å²) in [6, 6.07) is 12.5. The van der Waals surface area contributed by atoms with Crippen molar-refractivity contribution in [2.75, 3.05) is 6.54 Å². The molecule has 0 bridgehead atoms. The molecule has 2 aromatic rings. The fourth-order valence-corrected chi connectivity index (χ4v) is 2.36. The van der Waals surface area contributed by atoms with Gasteiger partial charge in [-0.3, -0.25) is 25.2 Å². The van der Waals surface area contributed by atoms with Crippen LogP contribution in [0.4, 0.5) is 0 Å². The highest BCUT2D eigenvalue weighted by molar-refractivity contribution is 5.98. The topological polar surface area (TPSA) is 87.3 Å². The molecule has 130 valence electrons. The Kier molecular flexibility index (Phi) is 5.89. The van der Waals surface area contributed by atoms with Crippen LogP contribution in [0, 0.1) is 20.8 Å². The molecule has 6 heteroatoms. The number of rotatable bonds is 4. The van der Waals surface area contributed by atoms with Gasteiger partial charge in [0.15, 0.2) is 0 Å². The van der Waals surface area contributed by atoms with Gasteiger partial charge in [0.2, 0.25) is 0 Å². The van der Waals surface area contributed by atoms with Gasteiger partial charge in [-0.1, -0.05) is 35.4 Å². The number of nitrogens with one attached hydrogen (secondary N) is 3. The summed E-state index contributed by atoms with van der Waals surface area (Å²) in [5.41, 5.74) is 8.42. The maximum Gasteiger partial charge on any atom is 0.269 e. The van der Waals surface area contributed by atoms with Gasteiger partial charge in [-0.05, 0) is 44.5 Å². The highest BCUT2D eigenvalue weighted by Crippen LogP contribution is 2.09. The molecule has 2 rings (SSSR count). The molecule has 0 aliphatic rings. The lowest BCUT2D eigenvalue weighted by molar-refractivity contribution is -0.120. The van der Waals surface area contributed by atoms with Crippen molar-refractivity contribution in [3.63, 3.8) is 0 Å². The maximum absolute atomic E-state index is 12.1. The largest absolute Gasteiger partial charge is 0.343 e. The Bertz CT molecular complexity index is 815. The maximum atomic E-state index is 12.1. The SMILES string of the molecule is Cc1cccc(C(=O)NCC(=O)NNC(=O)c2ccc(C)cc2C)c1. The van der Waals surface area contributed by atoms with Crippen molar-refractivity contribution in [2.24, 2.45) is 0 Å². The molecule has 0 aliphatic carbocycles. The van der Waals surface area contributed by atoms with E-state index in [1.807, 2.05) is 39.0 Å². The number of carbonyl (C=O) groups excluding carboxylic acids is 3. The molecule has 0 fully saturated rings. The molecule has 25 heavy (non-hydrogen) atoms. The third kappa shape index (κ3) is 5.17. The van der Waals surface area contributed by atoms with Crippen molar-refractivity contribution in [1.29, 1.82) is 0 Å². The fourth-order valence-electron chi connectivity index (χ4n) is 2.36. The Labute approximate surface area is 146 Å². The zero-order valence-electron chi connectivity index (χ0n) is 14.5. The van der Waals surface area contributed by atoms with Crippen molar-refractivity contribution < 1.29 is 14.4 Å². The number of hydrogen-bond donors (Lipinski definition) is 3. The molecule has 0 saturated heterocycles. The Hall–Kier alpha value is -3.15. The van der Waals surface area contributed by atoms with Gasteiger partial charge in [0.25, 0.3) is 17.7 Å². The van der Waals surface area contributed by atoms with Crippen LogP contribution in [0.25, 0.3) is 0 Å². The summed E-state index contributed by atoms with van der Waals surface area (Å²) in [4.78, 5) is 35.8. The van der Waals surface area contributed by atoms with Crippen molar-refractivity contribution in [1.82, 2.24) is 16.2 Å². The first-order chi connectivity index (χ1) is 11.9. The van der Waals surface area contributed by atoms with Gasteiger partial charge < -0.3 is 5.32 Å².